The Morgan fingerprint density at radius 3 is 3.00 bits per heavy atom. The number of aliphatic hydroxyl groups is 1. The highest BCUT2D eigenvalue weighted by Crippen LogP contribution is 2.27. The summed E-state index contributed by atoms with van der Waals surface area (Å²) in [5, 5.41) is 9.74. The van der Waals surface area contributed by atoms with Crippen LogP contribution in [0.2, 0.25) is 0 Å². The summed E-state index contributed by atoms with van der Waals surface area (Å²) >= 11 is 0. The summed E-state index contributed by atoms with van der Waals surface area (Å²) in [5.74, 6) is -0.468. The number of methoxy groups -OCH3 is 1. The molecule has 4 nitrogen and oxygen atoms in total. The number of aliphatic hydroxyl groups excluding tert-OH is 1. The summed E-state index contributed by atoms with van der Waals surface area (Å²) in [5.41, 5.74) is 2.77. The number of aromatic nitrogens is 1. The van der Waals surface area contributed by atoms with Gasteiger partial charge in [-0.05, 0) is 31.4 Å². The first-order valence-corrected chi connectivity index (χ1v) is 5.60. The van der Waals surface area contributed by atoms with Gasteiger partial charge in [0.1, 0.15) is 5.69 Å². The molecule has 90 valence electrons. The van der Waals surface area contributed by atoms with Gasteiger partial charge in [-0.3, -0.25) is 0 Å². The molecule has 4 heteroatoms. The Balaban J connectivity index is 2.57. The van der Waals surface area contributed by atoms with Gasteiger partial charge in [0.15, 0.2) is 0 Å². The Bertz CT molecular complexity index is 478. The van der Waals surface area contributed by atoms with Crippen LogP contribution in [0.15, 0.2) is 12.1 Å². The SMILES string of the molecule is COC(=O)c1cc([C@H](C)O)c2c(n1)CCC=C2. The zero-order valence-corrected chi connectivity index (χ0v) is 9.93. The van der Waals surface area contributed by atoms with E-state index in [0.717, 1.165) is 29.7 Å². The van der Waals surface area contributed by atoms with E-state index >= 15 is 0 Å². The second-order valence-electron chi connectivity index (χ2n) is 4.07. The number of hydrogen-bond acceptors (Lipinski definition) is 4. The third-order valence-corrected chi connectivity index (χ3v) is 2.85. The first kappa shape index (κ1) is 11.8. The van der Waals surface area contributed by atoms with E-state index in [4.69, 9.17) is 0 Å². The number of carbonyl (C=O) groups is 1. The number of esters is 1. The number of pyridine rings is 1. The van der Waals surface area contributed by atoms with Crippen LogP contribution in [0.4, 0.5) is 0 Å². The van der Waals surface area contributed by atoms with Crippen LogP contribution < -0.4 is 0 Å². The Morgan fingerprint density at radius 2 is 2.35 bits per heavy atom. The zero-order valence-electron chi connectivity index (χ0n) is 9.93. The van der Waals surface area contributed by atoms with Gasteiger partial charge in [0.2, 0.25) is 0 Å². The van der Waals surface area contributed by atoms with E-state index in [2.05, 4.69) is 9.72 Å². The number of hydrogen-bond donors (Lipinski definition) is 1. The van der Waals surface area contributed by atoms with Crippen LogP contribution >= 0.6 is 0 Å². The van der Waals surface area contributed by atoms with Crippen molar-refractivity contribution < 1.29 is 14.6 Å². The topological polar surface area (TPSA) is 59.4 Å². The number of allylic oxidation sites excluding steroid dienone is 1. The molecule has 0 aromatic carbocycles. The van der Waals surface area contributed by atoms with Crippen molar-refractivity contribution in [3.8, 4) is 0 Å². The van der Waals surface area contributed by atoms with Crippen molar-refractivity contribution in [2.75, 3.05) is 7.11 Å². The van der Waals surface area contributed by atoms with Gasteiger partial charge >= 0.3 is 5.97 Å². The van der Waals surface area contributed by atoms with E-state index in [1.54, 1.807) is 13.0 Å². The fraction of sp³-hybridized carbons (Fsp3) is 0.385. The molecule has 17 heavy (non-hydrogen) atoms. The quantitative estimate of drug-likeness (QED) is 0.792. The van der Waals surface area contributed by atoms with E-state index in [-0.39, 0.29) is 5.69 Å². The number of carbonyl (C=O) groups excluding carboxylic acids is 1. The predicted octanol–water partition coefficient (Wildman–Crippen LogP) is 1.88. The fourth-order valence-electron chi connectivity index (χ4n) is 1.99. The molecule has 1 N–H and O–H groups in total. The fourth-order valence-corrected chi connectivity index (χ4v) is 1.99. The molecule has 1 atom stereocenters. The maximum Gasteiger partial charge on any atom is 0.356 e. The van der Waals surface area contributed by atoms with Crippen LogP contribution in [0.1, 0.15) is 46.8 Å². The van der Waals surface area contributed by atoms with Crippen molar-refractivity contribution in [2.45, 2.75) is 25.9 Å². The molecule has 1 aromatic rings. The van der Waals surface area contributed by atoms with Crippen LogP contribution in [0, 0.1) is 0 Å². The van der Waals surface area contributed by atoms with E-state index in [9.17, 15) is 9.90 Å². The molecule has 1 aromatic heterocycles. The number of rotatable bonds is 2. The first-order valence-electron chi connectivity index (χ1n) is 5.60. The summed E-state index contributed by atoms with van der Waals surface area (Å²) in [6.07, 6.45) is 5.07. The lowest BCUT2D eigenvalue weighted by molar-refractivity contribution is 0.0593. The van der Waals surface area contributed by atoms with Gasteiger partial charge in [-0.25, -0.2) is 9.78 Å². The van der Waals surface area contributed by atoms with Crippen LogP contribution in [0.3, 0.4) is 0 Å². The van der Waals surface area contributed by atoms with Gasteiger partial charge in [-0.2, -0.15) is 0 Å². The first-order chi connectivity index (χ1) is 8.13. The van der Waals surface area contributed by atoms with Crippen LogP contribution in [0.5, 0.6) is 0 Å². The maximum atomic E-state index is 11.5. The molecule has 2 rings (SSSR count). The molecular weight excluding hydrogens is 218 g/mol. The summed E-state index contributed by atoms with van der Waals surface area (Å²) in [6.45, 7) is 1.68. The van der Waals surface area contributed by atoms with E-state index in [0.29, 0.717) is 0 Å². The predicted molar refractivity (Wildman–Crippen MR) is 63.6 cm³/mol. The Labute approximate surface area is 99.9 Å². The molecule has 1 aliphatic carbocycles. The summed E-state index contributed by atoms with van der Waals surface area (Å²) in [4.78, 5) is 15.8. The highest BCUT2D eigenvalue weighted by atomic mass is 16.5. The van der Waals surface area contributed by atoms with Gasteiger partial charge in [0.05, 0.1) is 13.2 Å². The van der Waals surface area contributed by atoms with Gasteiger partial charge in [-0.15, -0.1) is 0 Å². The third-order valence-electron chi connectivity index (χ3n) is 2.85. The van der Waals surface area contributed by atoms with Crippen molar-refractivity contribution in [2.24, 2.45) is 0 Å². The molecule has 0 radical (unpaired) electrons. The number of ether oxygens (including phenoxy) is 1. The van der Waals surface area contributed by atoms with E-state index in [1.165, 1.54) is 7.11 Å². The minimum Gasteiger partial charge on any atom is -0.464 e. The number of fused-ring (bicyclic) bond motifs is 1. The van der Waals surface area contributed by atoms with Crippen LogP contribution in [-0.4, -0.2) is 23.2 Å². The monoisotopic (exact) mass is 233 g/mol. The van der Waals surface area contributed by atoms with Gasteiger partial charge in [0, 0.05) is 11.3 Å². The largest absolute Gasteiger partial charge is 0.464 e. The molecule has 1 aliphatic rings. The Kier molecular flexibility index (Phi) is 3.24. The molecule has 0 amide bonds. The van der Waals surface area contributed by atoms with Crippen molar-refractivity contribution in [3.63, 3.8) is 0 Å². The molecule has 0 fully saturated rings. The van der Waals surface area contributed by atoms with Crippen molar-refractivity contribution in [1.29, 1.82) is 0 Å². The smallest absolute Gasteiger partial charge is 0.356 e. The standard InChI is InChI=1S/C13H15NO3/c1-8(15)10-7-12(13(16)17-2)14-11-6-4-3-5-9(10)11/h3,5,7-8,15H,4,6H2,1-2H3/t8-/m0/s1. The van der Waals surface area contributed by atoms with Gasteiger partial charge in [-0.1, -0.05) is 12.2 Å². The van der Waals surface area contributed by atoms with Crippen molar-refractivity contribution in [1.82, 2.24) is 4.98 Å². The lowest BCUT2D eigenvalue weighted by Gasteiger charge is -2.17. The van der Waals surface area contributed by atoms with Gasteiger partial charge in [0.25, 0.3) is 0 Å². The maximum absolute atomic E-state index is 11.5. The number of nitrogens with zero attached hydrogens (tertiary/aromatic N) is 1. The Morgan fingerprint density at radius 1 is 1.59 bits per heavy atom. The normalized spacial score (nSPS) is 15.2. The van der Waals surface area contributed by atoms with E-state index in [1.807, 2.05) is 12.2 Å². The average molecular weight is 233 g/mol. The second-order valence-corrected chi connectivity index (χ2v) is 4.07. The minimum atomic E-state index is -0.627. The molecule has 0 aliphatic heterocycles. The molecule has 0 bridgehead atoms. The van der Waals surface area contributed by atoms with E-state index < -0.39 is 12.1 Å². The minimum absolute atomic E-state index is 0.262. The summed E-state index contributed by atoms with van der Waals surface area (Å²) in [6, 6.07) is 1.60. The summed E-state index contributed by atoms with van der Waals surface area (Å²) in [7, 11) is 1.32. The molecule has 0 spiro atoms. The molecule has 1 heterocycles. The van der Waals surface area contributed by atoms with Crippen molar-refractivity contribution in [3.05, 3.63) is 34.7 Å². The lowest BCUT2D eigenvalue weighted by atomic mass is 9.95. The molecule has 0 unspecified atom stereocenters. The highest BCUT2D eigenvalue weighted by molar-refractivity contribution is 5.88. The summed E-state index contributed by atoms with van der Waals surface area (Å²) < 4.78 is 4.66. The van der Waals surface area contributed by atoms with Crippen molar-refractivity contribution >= 4 is 12.0 Å². The van der Waals surface area contributed by atoms with Gasteiger partial charge < -0.3 is 9.84 Å². The Hall–Kier alpha value is -1.68. The number of aryl methyl sites for hydroxylation is 1. The third kappa shape index (κ3) is 2.22. The average Bonchev–Trinajstić information content (AvgIpc) is 2.36. The molecule has 0 saturated carbocycles. The molecule has 0 saturated heterocycles. The zero-order chi connectivity index (χ0) is 12.4. The highest BCUT2D eigenvalue weighted by Gasteiger charge is 2.19. The van der Waals surface area contributed by atoms with Crippen LogP contribution in [0.25, 0.3) is 6.08 Å². The second kappa shape index (κ2) is 4.67. The molecular formula is C13H15NO3. The van der Waals surface area contributed by atoms with Crippen LogP contribution in [-0.2, 0) is 11.2 Å². The lowest BCUT2D eigenvalue weighted by Crippen LogP contribution is -2.12.